The third-order valence-corrected chi connectivity index (χ3v) is 8.78. The number of amides is 1. The van der Waals surface area contributed by atoms with Gasteiger partial charge in [-0.3, -0.25) is 9.59 Å². The fourth-order valence-corrected chi connectivity index (χ4v) is 5.56. The molecular formula is C26H30ClN3O6S2. The number of benzene rings is 2. The number of nitrogens with zero attached hydrogens (tertiary/aromatic N) is 3. The lowest BCUT2D eigenvalue weighted by Crippen LogP contribution is -2.35. The molecule has 0 unspecified atom stereocenters. The van der Waals surface area contributed by atoms with Gasteiger partial charge in [0.15, 0.2) is 11.9 Å². The normalized spacial score (nSPS) is 12.4. The minimum atomic E-state index is -3.79. The summed E-state index contributed by atoms with van der Waals surface area (Å²) in [6.07, 6.45) is -0.0789. The van der Waals surface area contributed by atoms with E-state index in [4.69, 9.17) is 16.3 Å². The summed E-state index contributed by atoms with van der Waals surface area (Å²) in [6, 6.07) is 16.4. The van der Waals surface area contributed by atoms with Crippen LogP contribution in [0.5, 0.6) is 5.75 Å². The molecule has 0 spiro atoms. The monoisotopic (exact) mass is 579 g/mol. The zero-order valence-electron chi connectivity index (χ0n) is 21.3. The smallest absolute Gasteiger partial charge is 0.256 e. The SMILES string of the molecule is COc1ccc([C@@H](O)C(=O)N(CCCc2ccccc2)Cc2nc(C(=O)CS(=O)(=O)N(C)C)c(Cl)s2)cc1. The predicted molar refractivity (Wildman–Crippen MR) is 147 cm³/mol. The van der Waals surface area contributed by atoms with Gasteiger partial charge in [-0.15, -0.1) is 11.3 Å². The van der Waals surface area contributed by atoms with Crippen molar-refractivity contribution in [3.05, 3.63) is 80.8 Å². The van der Waals surface area contributed by atoms with Crippen LogP contribution in [-0.2, 0) is 27.8 Å². The van der Waals surface area contributed by atoms with Crippen LogP contribution in [0, 0.1) is 0 Å². The Morgan fingerprint density at radius 2 is 1.76 bits per heavy atom. The minimum absolute atomic E-state index is 0.00106. The molecule has 204 valence electrons. The molecule has 0 aliphatic carbocycles. The first-order valence-electron chi connectivity index (χ1n) is 11.7. The van der Waals surface area contributed by atoms with Crippen molar-refractivity contribution >= 4 is 44.7 Å². The molecule has 0 fully saturated rings. The summed E-state index contributed by atoms with van der Waals surface area (Å²) in [5.41, 5.74) is 1.37. The van der Waals surface area contributed by atoms with Crippen molar-refractivity contribution in [1.29, 1.82) is 0 Å². The molecule has 1 amide bonds. The van der Waals surface area contributed by atoms with Crippen LogP contribution >= 0.6 is 22.9 Å². The van der Waals surface area contributed by atoms with Gasteiger partial charge < -0.3 is 14.7 Å². The number of sulfonamides is 1. The molecule has 38 heavy (non-hydrogen) atoms. The molecule has 9 nitrogen and oxygen atoms in total. The number of rotatable bonds is 13. The first-order chi connectivity index (χ1) is 18.0. The molecule has 12 heteroatoms. The third-order valence-electron chi connectivity index (χ3n) is 5.80. The largest absolute Gasteiger partial charge is 0.497 e. The lowest BCUT2D eigenvalue weighted by Gasteiger charge is -2.25. The fourth-order valence-electron chi connectivity index (χ4n) is 3.60. The van der Waals surface area contributed by atoms with Gasteiger partial charge in [0.25, 0.3) is 5.91 Å². The zero-order valence-corrected chi connectivity index (χ0v) is 23.7. The molecule has 3 rings (SSSR count). The topological polar surface area (TPSA) is 117 Å². The zero-order chi connectivity index (χ0) is 27.9. The summed E-state index contributed by atoms with van der Waals surface area (Å²) in [6.45, 7) is 0.315. The number of ether oxygens (including phenoxy) is 1. The van der Waals surface area contributed by atoms with Gasteiger partial charge in [0.05, 0.1) is 13.7 Å². The van der Waals surface area contributed by atoms with E-state index in [0.717, 1.165) is 21.2 Å². The Labute approximate surface area is 231 Å². The van der Waals surface area contributed by atoms with Crippen LogP contribution in [0.4, 0.5) is 0 Å². The highest BCUT2D eigenvalue weighted by molar-refractivity contribution is 7.89. The average molecular weight is 580 g/mol. The molecular weight excluding hydrogens is 550 g/mol. The Morgan fingerprint density at radius 1 is 1.11 bits per heavy atom. The molecule has 0 saturated carbocycles. The Kier molecular flexibility index (Phi) is 10.4. The number of hydrogen-bond acceptors (Lipinski definition) is 8. The van der Waals surface area contributed by atoms with Crippen molar-refractivity contribution in [3.63, 3.8) is 0 Å². The van der Waals surface area contributed by atoms with E-state index in [1.165, 1.54) is 26.1 Å². The van der Waals surface area contributed by atoms with Gasteiger partial charge in [-0.1, -0.05) is 54.1 Å². The molecule has 1 aromatic heterocycles. The second kappa shape index (κ2) is 13.3. The second-order valence-electron chi connectivity index (χ2n) is 8.72. The number of halogens is 1. The number of methoxy groups -OCH3 is 1. The quantitative estimate of drug-likeness (QED) is 0.308. The minimum Gasteiger partial charge on any atom is -0.497 e. The number of carbonyl (C=O) groups excluding carboxylic acids is 2. The molecule has 2 aromatic carbocycles. The lowest BCUT2D eigenvalue weighted by molar-refractivity contribution is -0.141. The first-order valence-corrected chi connectivity index (χ1v) is 14.6. The van der Waals surface area contributed by atoms with Gasteiger partial charge >= 0.3 is 0 Å². The van der Waals surface area contributed by atoms with Crippen molar-refractivity contribution in [2.45, 2.75) is 25.5 Å². The Bertz CT molecular complexity index is 1350. The standard InChI is InChI=1S/C26H30ClN3O6S2/c1-29(2)38(34,35)17-21(31)23-25(27)37-22(28-23)16-30(15-7-10-18-8-5-4-6-9-18)26(33)24(32)19-11-13-20(36-3)14-12-19/h4-6,8-9,11-14,24,32H,7,10,15-17H2,1-3H3/t24-/m1/s1. The van der Waals surface area contributed by atoms with Crippen molar-refractivity contribution in [3.8, 4) is 5.75 Å². The highest BCUT2D eigenvalue weighted by Gasteiger charge is 2.28. The van der Waals surface area contributed by atoms with E-state index in [0.29, 0.717) is 35.7 Å². The van der Waals surface area contributed by atoms with Gasteiger partial charge in [-0.25, -0.2) is 17.7 Å². The number of ketones is 1. The van der Waals surface area contributed by atoms with Gasteiger partial charge in [0.2, 0.25) is 10.0 Å². The molecule has 0 aliphatic heterocycles. The van der Waals surface area contributed by atoms with E-state index in [2.05, 4.69) is 4.98 Å². The summed E-state index contributed by atoms with van der Waals surface area (Å²) < 4.78 is 30.4. The predicted octanol–water partition coefficient (Wildman–Crippen LogP) is 3.57. The van der Waals surface area contributed by atoms with Crippen LogP contribution < -0.4 is 4.74 Å². The number of hydrogen-bond donors (Lipinski definition) is 1. The van der Waals surface area contributed by atoms with Crippen LogP contribution in [0.3, 0.4) is 0 Å². The van der Waals surface area contributed by atoms with Crippen molar-refractivity contribution in [1.82, 2.24) is 14.2 Å². The van der Waals surface area contributed by atoms with E-state index in [1.54, 1.807) is 24.3 Å². The highest BCUT2D eigenvalue weighted by atomic mass is 35.5. The average Bonchev–Trinajstić information content (AvgIpc) is 3.27. The summed E-state index contributed by atoms with van der Waals surface area (Å²) in [5.74, 6) is -1.43. The van der Waals surface area contributed by atoms with E-state index in [-0.39, 0.29) is 16.6 Å². The molecule has 1 heterocycles. The van der Waals surface area contributed by atoms with Gasteiger partial charge in [-0.2, -0.15) is 0 Å². The number of aromatic nitrogens is 1. The summed E-state index contributed by atoms with van der Waals surface area (Å²) in [7, 11) is 0.409. The maximum absolute atomic E-state index is 13.4. The van der Waals surface area contributed by atoms with Crippen LogP contribution in [0.1, 0.15) is 39.1 Å². The van der Waals surface area contributed by atoms with Crippen LogP contribution in [0.15, 0.2) is 54.6 Å². The van der Waals surface area contributed by atoms with Crippen LogP contribution in [0.2, 0.25) is 4.34 Å². The second-order valence-corrected chi connectivity index (χ2v) is 12.6. The van der Waals surface area contributed by atoms with Crippen molar-refractivity contribution in [2.75, 3.05) is 33.5 Å². The number of thiazole rings is 1. The Morgan fingerprint density at radius 3 is 2.37 bits per heavy atom. The number of carbonyl (C=O) groups is 2. The van der Waals surface area contributed by atoms with E-state index >= 15 is 0 Å². The molecule has 1 N–H and O–H groups in total. The van der Waals surface area contributed by atoms with Gasteiger partial charge in [0, 0.05) is 20.6 Å². The third kappa shape index (κ3) is 7.84. The molecule has 1 atom stereocenters. The molecule has 0 aliphatic rings. The van der Waals surface area contributed by atoms with E-state index < -0.39 is 33.6 Å². The lowest BCUT2D eigenvalue weighted by atomic mass is 10.1. The summed E-state index contributed by atoms with van der Waals surface area (Å²) >= 11 is 7.24. The van der Waals surface area contributed by atoms with Crippen LogP contribution in [0.25, 0.3) is 0 Å². The Balaban J connectivity index is 1.80. The van der Waals surface area contributed by atoms with Gasteiger partial charge in [-0.05, 0) is 36.1 Å². The molecule has 3 aromatic rings. The number of aliphatic hydroxyl groups is 1. The van der Waals surface area contributed by atoms with E-state index in [9.17, 15) is 23.1 Å². The number of aliphatic hydroxyl groups excluding tert-OH is 1. The maximum atomic E-state index is 13.4. The molecule has 0 bridgehead atoms. The van der Waals surface area contributed by atoms with Crippen LogP contribution in [-0.4, -0.2) is 72.9 Å². The van der Waals surface area contributed by atoms with Crippen molar-refractivity contribution in [2.24, 2.45) is 0 Å². The summed E-state index contributed by atoms with van der Waals surface area (Å²) in [4.78, 5) is 31.7. The highest BCUT2D eigenvalue weighted by Crippen LogP contribution is 2.28. The fraction of sp³-hybridized carbons (Fsp3) is 0.346. The number of aryl methyl sites for hydroxylation is 1. The Hall–Kier alpha value is -2.83. The maximum Gasteiger partial charge on any atom is 0.256 e. The molecule has 0 saturated heterocycles. The number of Topliss-reactive ketones (excluding diaryl/α,β-unsaturated/α-hetero) is 1. The molecule has 0 radical (unpaired) electrons. The van der Waals surface area contributed by atoms with Crippen molar-refractivity contribution < 1.29 is 27.9 Å². The first kappa shape index (κ1) is 29.7. The summed E-state index contributed by atoms with van der Waals surface area (Å²) in [5, 5.41) is 11.2. The van der Waals surface area contributed by atoms with E-state index in [1.807, 2.05) is 30.3 Å². The van der Waals surface area contributed by atoms with Gasteiger partial charge in [0.1, 0.15) is 26.5 Å².